The maximum absolute atomic E-state index is 12.8. The van der Waals surface area contributed by atoms with E-state index in [2.05, 4.69) is 0 Å². The van der Waals surface area contributed by atoms with E-state index in [0.717, 1.165) is 5.56 Å². The molecule has 0 radical (unpaired) electrons. The predicted molar refractivity (Wildman–Crippen MR) is 52.4 cm³/mol. The van der Waals surface area contributed by atoms with Crippen LogP contribution in [0.25, 0.3) is 0 Å². The van der Waals surface area contributed by atoms with Crippen LogP contribution in [0.4, 0.5) is 4.39 Å². The molecule has 0 aliphatic rings. The van der Waals surface area contributed by atoms with Crippen molar-refractivity contribution < 1.29 is 14.2 Å². The summed E-state index contributed by atoms with van der Waals surface area (Å²) in [5, 5.41) is 9.00. The van der Waals surface area contributed by atoms with Crippen molar-refractivity contribution in [2.24, 2.45) is 0 Å². The van der Waals surface area contributed by atoms with Gasteiger partial charge in [-0.25, -0.2) is 4.39 Å². The second-order valence-corrected chi connectivity index (χ2v) is 3.38. The molecule has 0 heterocycles. The van der Waals surface area contributed by atoms with Crippen LogP contribution in [0, 0.1) is 5.82 Å². The fourth-order valence-electron chi connectivity index (χ4n) is 1.14. The molecule has 0 aliphatic heterocycles. The van der Waals surface area contributed by atoms with Crippen molar-refractivity contribution in [3.63, 3.8) is 0 Å². The van der Waals surface area contributed by atoms with Crippen molar-refractivity contribution in [3.8, 4) is 0 Å². The molecule has 0 saturated heterocycles. The van der Waals surface area contributed by atoms with E-state index >= 15 is 0 Å². The molecule has 0 fully saturated rings. The molecule has 0 bridgehead atoms. The summed E-state index contributed by atoms with van der Waals surface area (Å²) in [6, 6.07) is 6.28. The molecule has 0 spiro atoms. The number of halogens is 1. The Morgan fingerprint density at radius 3 is 2.71 bits per heavy atom. The first kappa shape index (κ1) is 11.1. The topological polar surface area (TPSA) is 29.5 Å². The van der Waals surface area contributed by atoms with Crippen LogP contribution in [0.5, 0.6) is 0 Å². The molecule has 2 atom stereocenters. The Labute approximate surface area is 83.3 Å². The average molecular weight is 198 g/mol. The highest BCUT2D eigenvalue weighted by molar-refractivity contribution is 5.18. The van der Waals surface area contributed by atoms with Gasteiger partial charge in [-0.1, -0.05) is 12.1 Å². The molecule has 0 saturated carbocycles. The highest BCUT2D eigenvalue weighted by atomic mass is 19.1. The minimum absolute atomic E-state index is 0.194. The molecule has 3 heteroatoms. The van der Waals surface area contributed by atoms with Crippen LogP contribution < -0.4 is 0 Å². The summed E-state index contributed by atoms with van der Waals surface area (Å²) in [7, 11) is 0. The molecule has 1 aromatic rings. The zero-order valence-electron chi connectivity index (χ0n) is 8.40. The molecule has 1 N–H and O–H groups in total. The first-order valence-corrected chi connectivity index (χ1v) is 4.64. The van der Waals surface area contributed by atoms with Gasteiger partial charge >= 0.3 is 0 Å². The summed E-state index contributed by atoms with van der Waals surface area (Å²) in [6.45, 7) is 3.74. The van der Waals surface area contributed by atoms with Gasteiger partial charge in [0.05, 0.1) is 18.8 Å². The molecule has 0 aliphatic carbocycles. The Morgan fingerprint density at radius 1 is 1.43 bits per heavy atom. The van der Waals surface area contributed by atoms with Crippen LogP contribution in [-0.2, 0) is 4.74 Å². The fourth-order valence-corrected chi connectivity index (χ4v) is 1.14. The lowest BCUT2D eigenvalue weighted by Crippen LogP contribution is -2.12. The van der Waals surface area contributed by atoms with Gasteiger partial charge in [0, 0.05) is 0 Å². The molecular weight excluding hydrogens is 183 g/mol. The van der Waals surface area contributed by atoms with Gasteiger partial charge in [-0.05, 0) is 31.5 Å². The largest absolute Gasteiger partial charge is 0.391 e. The van der Waals surface area contributed by atoms with Gasteiger partial charge in [0.2, 0.25) is 0 Å². The standard InChI is InChI=1S/C11H15FO2/c1-8(13)7-14-9(2)10-4-3-5-11(12)6-10/h3-6,8-9,13H,7H2,1-2H3/t8-,9-/m1/s1. The lowest BCUT2D eigenvalue weighted by atomic mass is 10.1. The maximum atomic E-state index is 12.8. The van der Waals surface area contributed by atoms with Gasteiger partial charge in [-0.15, -0.1) is 0 Å². The van der Waals surface area contributed by atoms with Gasteiger partial charge in [-0.2, -0.15) is 0 Å². The van der Waals surface area contributed by atoms with Crippen LogP contribution in [-0.4, -0.2) is 17.8 Å². The molecule has 0 amide bonds. The van der Waals surface area contributed by atoms with Crippen LogP contribution in [0.2, 0.25) is 0 Å². The summed E-state index contributed by atoms with van der Waals surface area (Å²) in [4.78, 5) is 0. The molecule has 2 nitrogen and oxygen atoms in total. The molecule has 0 aromatic heterocycles. The number of hydrogen-bond donors (Lipinski definition) is 1. The fraction of sp³-hybridized carbons (Fsp3) is 0.455. The van der Waals surface area contributed by atoms with E-state index in [-0.39, 0.29) is 18.5 Å². The SMILES string of the molecule is C[C@@H](O)CO[C@H](C)c1cccc(F)c1. The van der Waals surface area contributed by atoms with Crippen molar-refractivity contribution in [1.29, 1.82) is 0 Å². The zero-order chi connectivity index (χ0) is 10.6. The molecular formula is C11H15FO2. The van der Waals surface area contributed by atoms with Crippen molar-refractivity contribution >= 4 is 0 Å². The van der Waals surface area contributed by atoms with E-state index < -0.39 is 6.10 Å². The molecule has 1 aromatic carbocycles. The molecule has 1 rings (SSSR count). The highest BCUT2D eigenvalue weighted by Crippen LogP contribution is 2.17. The van der Waals surface area contributed by atoms with Gasteiger partial charge < -0.3 is 9.84 Å². The first-order valence-electron chi connectivity index (χ1n) is 4.64. The van der Waals surface area contributed by atoms with Gasteiger partial charge in [0.15, 0.2) is 0 Å². The number of hydrogen-bond acceptors (Lipinski definition) is 2. The summed E-state index contributed by atoms with van der Waals surface area (Å²) >= 11 is 0. The third-order valence-electron chi connectivity index (χ3n) is 1.91. The number of aliphatic hydroxyl groups is 1. The lowest BCUT2D eigenvalue weighted by Gasteiger charge is -2.14. The maximum Gasteiger partial charge on any atom is 0.123 e. The van der Waals surface area contributed by atoms with Crippen molar-refractivity contribution in [2.45, 2.75) is 26.1 Å². The first-order chi connectivity index (χ1) is 6.59. The molecule has 0 unspecified atom stereocenters. The van der Waals surface area contributed by atoms with Gasteiger partial charge in [-0.3, -0.25) is 0 Å². The Balaban J connectivity index is 2.56. The van der Waals surface area contributed by atoms with Crippen molar-refractivity contribution in [1.82, 2.24) is 0 Å². The Hall–Kier alpha value is -0.930. The Kier molecular flexibility index (Phi) is 4.04. The lowest BCUT2D eigenvalue weighted by molar-refractivity contribution is 0.00439. The molecule has 78 valence electrons. The Morgan fingerprint density at radius 2 is 2.14 bits per heavy atom. The molecule has 14 heavy (non-hydrogen) atoms. The van der Waals surface area contributed by atoms with E-state index in [1.165, 1.54) is 12.1 Å². The number of aliphatic hydroxyl groups excluding tert-OH is 1. The number of ether oxygens (including phenoxy) is 1. The minimum Gasteiger partial charge on any atom is -0.391 e. The summed E-state index contributed by atoms with van der Waals surface area (Å²) in [5.74, 6) is -0.269. The smallest absolute Gasteiger partial charge is 0.123 e. The third-order valence-corrected chi connectivity index (χ3v) is 1.91. The number of benzene rings is 1. The predicted octanol–water partition coefficient (Wildman–Crippen LogP) is 2.28. The quantitative estimate of drug-likeness (QED) is 0.804. The van der Waals surface area contributed by atoms with E-state index in [1.807, 2.05) is 6.92 Å². The van der Waals surface area contributed by atoms with Gasteiger partial charge in [0.25, 0.3) is 0 Å². The van der Waals surface area contributed by atoms with E-state index in [0.29, 0.717) is 0 Å². The number of rotatable bonds is 4. The van der Waals surface area contributed by atoms with Gasteiger partial charge in [0.1, 0.15) is 5.82 Å². The van der Waals surface area contributed by atoms with Crippen LogP contribution in [0.1, 0.15) is 25.5 Å². The van der Waals surface area contributed by atoms with Crippen LogP contribution >= 0.6 is 0 Å². The average Bonchev–Trinajstić information content (AvgIpc) is 2.14. The van der Waals surface area contributed by atoms with Crippen LogP contribution in [0.3, 0.4) is 0 Å². The van der Waals surface area contributed by atoms with Crippen molar-refractivity contribution in [2.75, 3.05) is 6.61 Å². The highest BCUT2D eigenvalue weighted by Gasteiger charge is 2.07. The van der Waals surface area contributed by atoms with E-state index in [4.69, 9.17) is 9.84 Å². The Bertz CT molecular complexity index is 286. The second-order valence-electron chi connectivity index (χ2n) is 3.38. The zero-order valence-corrected chi connectivity index (χ0v) is 8.40. The summed E-state index contributed by atoms with van der Waals surface area (Å²) in [5.41, 5.74) is 0.783. The third kappa shape index (κ3) is 3.44. The second kappa shape index (κ2) is 5.08. The van der Waals surface area contributed by atoms with E-state index in [9.17, 15) is 4.39 Å². The van der Waals surface area contributed by atoms with E-state index in [1.54, 1.807) is 19.1 Å². The minimum atomic E-state index is -0.494. The van der Waals surface area contributed by atoms with Crippen LogP contribution in [0.15, 0.2) is 24.3 Å². The normalized spacial score (nSPS) is 15.1. The van der Waals surface area contributed by atoms with Crippen molar-refractivity contribution in [3.05, 3.63) is 35.6 Å². The summed E-state index contributed by atoms with van der Waals surface area (Å²) < 4.78 is 18.1. The monoisotopic (exact) mass is 198 g/mol. The summed E-state index contributed by atoms with van der Waals surface area (Å²) in [6.07, 6.45) is -0.689.